The van der Waals surface area contributed by atoms with Gasteiger partial charge in [0.25, 0.3) is 5.91 Å². The Kier molecular flexibility index (Phi) is 6.29. The van der Waals surface area contributed by atoms with Gasteiger partial charge in [0.2, 0.25) is 0 Å². The first kappa shape index (κ1) is 15.8. The van der Waals surface area contributed by atoms with Gasteiger partial charge in [0.1, 0.15) is 0 Å². The Morgan fingerprint density at radius 1 is 1.45 bits per heavy atom. The van der Waals surface area contributed by atoms with Gasteiger partial charge in [0.05, 0.1) is 24.6 Å². The second kappa shape index (κ2) is 7.99. The number of rotatable bonds is 4. The first-order chi connectivity index (χ1) is 9.63. The largest absolute Gasteiger partial charge is 0.338 e. The molecule has 0 aliphatic carbocycles. The highest BCUT2D eigenvalue weighted by atomic mass is 16.2. The van der Waals surface area contributed by atoms with Crippen molar-refractivity contribution in [1.82, 2.24) is 4.90 Å². The predicted octanol–water partition coefficient (Wildman–Crippen LogP) is 1.68. The summed E-state index contributed by atoms with van der Waals surface area (Å²) in [6.07, 6.45) is 0.329. The van der Waals surface area contributed by atoms with Crippen LogP contribution in [0.5, 0.6) is 0 Å². The van der Waals surface area contributed by atoms with E-state index in [0.29, 0.717) is 30.6 Å². The number of hydrogen-bond donors (Lipinski definition) is 1. The molecule has 1 aromatic carbocycles. The molecule has 0 fully saturated rings. The van der Waals surface area contributed by atoms with Crippen LogP contribution in [0.4, 0.5) is 0 Å². The molecule has 1 amide bonds. The number of amides is 1. The van der Waals surface area contributed by atoms with Crippen molar-refractivity contribution in [3.05, 3.63) is 34.9 Å². The monoisotopic (exact) mass is 269 g/mol. The van der Waals surface area contributed by atoms with Crippen molar-refractivity contribution in [2.24, 2.45) is 5.73 Å². The van der Waals surface area contributed by atoms with Crippen molar-refractivity contribution in [3.63, 3.8) is 0 Å². The maximum Gasteiger partial charge on any atom is 0.255 e. The molecule has 0 aromatic heterocycles. The second-order valence-electron chi connectivity index (χ2n) is 4.35. The molecule has 1 aromatic rings. The van der Waals surface area contributed by atoms with Crippen LogP contribution in [0.25, 0.3) is 0 Å². The van der Waals surface area contributed by atoms with E-state index >= 15 is 0 Å². The van der Waals surface area contributed by atoms with Crippen LogP contribution in [0.3, 0.4) is 0 Å². The Hall–Kier alpha value is -2.30. The summed E-state index contributed by atoms with van der Waals surface area (Å²) in [5.74, 6) is 5.63. The van der Waals surface area contributed by atoms with Crippen molar-refractivity contribution in [3.8, 4) is 17.9 Å². The molecule has 0 spiro atoms. The highest BCUT2D eigenvalue weighted by Crippen LogP contribution is 2.14. The van der Waals surface area contributed by atoms with Gasteiger partial charge in [-0.1, -0.05) is 17.9 Å². The third-order valence-electron chi connectivity index (χ3n) is 2.89. The zero-order chi connectivity index (χ0) is 15.0. The van der Waals surface area contributed by atoms with Crippen LogP contribution in [-0.2, 0) is 0 Å². The average molecular weight is 269 g/mol. The molecule has 0 radical (unpaired) electrons. The van der Waals surface area contributed by atoms with Crippen LogP contribution in [0.15, 0.2) is 18.2 Å². The molecule has 4 heteroatoms. The molecule has 4 nitrogen and oxygen atoms in total. The van der Waals surface area contributed by atoms with Gasteiger partial charge < -0.3 is 10.6 Å². The first-order valence-electron chi connectivity index (χ1n) is 6.59. The lowest BCUT2D eigenvalue weighted by molar-refractivity contribution is 0.0767. The summed E-state index contributed by atoms with van der Waals surface area (Å²) < 4.78 is 0. The Bertz CT molecular complexity index is 576. The third kappa shape index (κ3) is 4.12. The van der Waals surface area contributed by atoms with Crippen LogP contribution >= 0.6 is 0 Å². The molecule has 0 atom stereocenters. The zero-order valence-electron chi connectivity index (χ0n) is 11.9. The molecular formula is C16H19N3O. The van der Waals surface area contributed by atoms with Gasteiger partial charge >= 0.3 is 0 Å². The van der Waals surface area contributed by atoms with Gasteiger partial charge in [-0.2, -0.15) is 5.26 Å². The fraction of sp³-hybridized carbons (Fsp3) is 0.375. The summed E-state index contributed by atoms with van der Waals surface area (Å²) in [5.41, 5.74) is 7.69. The van der Waals surface area contributed by atoms with E-state index in [1.807, 2.05) is 26.0 Å². The van der Waals surface area contributed by atoms with Gasteiger partial charge in [-0.05, 0) is 31.5 Å². The first-order valence-corrected chi connectivity index (χ1v) is 6.59. The van der Waals surface area contributed by atoms with Gasteiger partial charge in [-0.3, -0.25) is 4.79 Å². The Balaban J connectivity index is 3.11. The van der Waals surface area contributed by atoms with E-state index < -0.39 is 0 Å². The van der Waals surface area contributed by atoms with Crippen LogP contribution in [0, 0.1) is 30.1 Å². The van der Waals surface area contributed by atoms with E-state index in [-0.39, 0.29) is 12.5 Å². The fourth-order valence-electron chi connectivity index (χ4n) is 1.85. The van der Waals surface area contributed by atoms with E-state index in [1.54, 1.807) is 11.0 Å². The van der Waals surface area contributed by atoms with Crippen molar-refractivity contribution < 1.29 is 4.79 Å². The summed E-state index contributed by atoms with van der Waals surface area (Å²) in [5, 5.41) is 8.65. The van der Waals surface area contributed by atoms with E-state index in [9.17, 15) is 4.79 Å². The summed E-state index contributed by atoms with van der Waals surface area (Å²) in [4.78, 5) is 14.1. The van der Waals surface area contributed by atoms with E-state index in [1.165, 1.54) is 0 Å². The normalized spacial score (nSPS) is 9.30. The smallest absolute Gasteiger partial charge is 0.255 e. The van der Waals surface area contributed by atoms with Crippen LogP contribution in [0.2, 0.25) is 0 Å². The molecule has 20 heavy (non-hydrogen) atoms. The maximum atomic E-state index is 12.5. The number of hydrogen-bond acceptors (Lipinski definition) is 3. The predicted molar refractivity (Wildman–Crippen MR) is 78.9 cm³/mol. The number of carbonyl (C=O) groups excluding carboxylic acids is 1. The van der Waals surface area contributed by atoms with Crippen molar-refractivity contribution in [1.29, 1.82) is 5.26 Å². The van der Waals surface area contributed by atoms with Gasteiger partial charge in [-0.15, -0.1) is 0 Å². The van der Waals surface area contributed by atoms with Crippen LogP contribution < -0.4 is 5.73 Å². The standard InChI is InChI=1S/C16H19N3O/c1-3-19(11-5-10-18)16(20)15-8-7-13(2)12-14(15)6-4-9-17/h7-8,12H,3,5,9,11,17H2,1-2H3. The molecule has 1 rings (SSSR count). The minimum Gasteiger partial charge on any atom is -0.338 e. The summed E-state index contributed by atoms with van der Waals surface area (Å²) >= 11 is 0. The summed E-state index contributed by atoms with van der Waals surface area (Å²) in [6.45, 7) is 5.11. The van der Waals surface area contributed by atoms with Crippen molar-refractivity contribution >= 4 is 5.91 Å². The molecule has 0 saturated heterocycles. The topological polar surface area (TPSA) is 70.1 Å². The minimum absolute atomic E-state index is 0.0935. The highest BCUT2D eigenvalue weighted by molar-refractivity contribution is 5.96. The molecule has 0 aliphatic rings. The number of benzene rings is 1. The number of nitrogens with zero attached hydrogens (tertiary/aromatic N) is 2. The van der Waals surface area contributed by atoms with Crippen LogP contribution in [0.1, 0.15) is 34.8 Å². The van der Waals surface area contributed by atoms with E-state index in [2.05, 4.69) is 17.9 Å². The fourth-order valence-corrected chi connectivity index (χ4v) is 1.85. The minimum atomic E-state index is -0.0935. The SMILES string of the molecule is CCN(CCC#N)C(=O)c1ccc(C)cc1C#CCN. The molecule has 0 bridgehead atoms. The van der Waals surface area contributed by atoms with Gasteiger partial charge in [0, 0.05) is 18.7 Å². The van der Waals surface area contributed by atoms with E-state index in [0.717, 1.165) is 5.56 Å². The number of nitrogens with two attached hydrogens (primary N) is 1. The van der Waals surface area contributed by atoms with Gasteiger partial charge in [-0.25, -0.2) is 0 Å². The Morgan fingerprint density at radius 3 is 2.80 bits per heavy atom. The lowest BCUT2D eigenvalue weighted by Crippen LogP contribution is -2.32. The van der Waals surface area contributed by atoms with Crippen molar-refractivity contribution in [2.75, 3.05) is 19.6 Å². The van der Waals surface area contributed by atoms with Crippen molar-refractivity contribution in [2.45, 2.75) is 20.3 Å². The second-order valence-corrected chi connectivity index (χ2v) is 4.35. The quantitative estimate of drug-likeness (QED) is 0.845. The van der Waals surface area contributed by atoms with Gasteiger partial charge in [0.15, 0.2) is 0 Å². The molecule has 0 heterocycles. The summed E-state index contributed by atoms with van der Waals surface area (Å²) in [6, 6.07) is 7.61. The molecule has 0 aliphatic heterocycles. The maximum absolute atomic E-state index is 12.5. The number of nitriles is 1. The van der Waals surface area contributed by atoms with Crippen LogP contribution in [-0.4, -0.2) is 30.4 Å². The molecule has 0 unspecified atom stereocenters. The Morgan fingerprint density at radius 2 is 2.20 bits per heavy atom. The highest BCUT2D eigenvalue weighted by Gasteiger charge is 2.16. The number of carbonyl (C=O) groups is 1. The Labute approximate surface area is 120 Å². The average Bonchev–Trinajstić information content (AvgIpc) is 2.45. The molecule has 0 saturated carbocycles. The van der Waals surface area contributed by atoms with E-state index in [4.69, 9.17) is 11.0 Å². The number of aryl methyl sites for hydroxylation is 1. The third-order valence-corrected chi connectivity index (χ3v) is 2.89. The lowest BCUT2D eigenvalue weighted by Gasteiger charge is -2.20. The molecule has 2 N–H and O–H groups in total. The molecule has 104 valence electrons. The summed E-state index contributed by atoms with van der Waals surface area (Å²) in [7, 11) is 0. The lowest BCUT2D eigenvalue weighted by atomic mass is 10.0. The molecular weight excluding hydrogens is 250 g/mol. The zero-order valence-corrected chi connectivity index (χ0v) is 11.9.